The van der Waals surface area contributed by atoms with Crippen molar-refractivity contribution in [3.05, 3.63) is 20.9 Å². The lowest BCUT2D eigenvalue weighted by Crippen LogP contribution is -2.58. The van der Waals surface area contributed by atoms with Gasteiger partial charge < -0.3 is 14.2 Å². The lowest BCUT2D eigenvalue weighted by Gasteiger charge is -2.42. The molecule has 126 valence electrons. The predicted octanol–water partition coefficient (Wildman–Crippen LogP) is 2.19. The summed E-state index contributed by atoms with van der Waals surface area (Å²) in [5.74, 6) is -1.33. The van der Waals surface area contributed by atoms with Crippen LogP contribution in [0, 0.1) is 0 Å². The maximum absolute atomic E-state index is 11.4. The van der Waals surface area contributed by atoms with Gasteiger partial charge in [0.25, 0.3) is 0 Å². The molecule has 12 heteroatoms. The van der Waals surface area contributed by atoms with Gasteiger partial charge in [0.15, 0.2) is 6.10 Å². The number of rotatable bonds is 6. The summed E-state index contributed by atoms with van der Waals surface area (Å²) in [6.45, 7) is 2.32. The zero-order chi connectivity index (χ0) is 17.4. The first kappa shape index (κ1) is 18.9. The Kier molecular flexibility index (Phi) is 7.43. The lowest BCUT2D eigenvalue weighted by atomic mass is 9.84. The molecule has 0 radical (unpaired) electrons. The van der Waals surface area contributed by atoms with E-state index in [-0.39, 0.29) is 12.5 Å². The van der Waals surface area contributed by atoms with Crippen LogP contribution in [0.25, 0.3) is 20.9 Å². The van der Waals surface area contributed by atoms with E-state index in [0.717, 1.165) is 13.8 Å². The minimum Gasteiger partial charge on any atom is -0.458 e. The Morgan fingerprint density at radius 3 is 1.96 bits per heavy atom. The van der Waals surface area contributed by atoms with Crippen molar-refractivity contribution in [2.75, 3.05) is 6.07 Å². The molecule has 5 atom stereocenters. The van der Waals surface area contributed by atoms with E-state index < -0.39 is 42.3 Å². The van der Waals surface area contributed by atoms with E-state index in [0.29, 0.717) is 0 Å². The zero-order valence-corrected chi connectivity index (χ0v) is 13.2. The molecule has 1 aliphatic carbocycles. The molecule has 11 nitrogen and oxygen atoms in total. The van der Waals surface area contributed by atoms with Gasteiger partial charge in [-0.1, -0.05) is 21.8 Å². The molecule has 0 spiro atoms. The fraction of sp³-hybridized carbons (Fsp3) is 0.818. The maximum Gasteiger partial charge on any atom is 0.303 e. The van der Waals surface area contributed by atoms with E-state index in [4.69, 9.17) is 36.9 Å². The Balaban J connectivity index is 3.27. The average molecular weight is 347 g/mol. The highest BCUT2D eigenvalue weighted by molar-refractivity contribution is 6.17. The van der Waals surface area contributed by atoms with Gasteiger partial charge >= 0.3 is 11.9 Å². The molecule has 1 aliphatic rings. The molecule has 0 aromatic rings. The molecular formula is C11H15ClN6O5. The van der Waals surface area contributed by atoms with Gasteiger partial charge in [-0.2, -0.15) is 0 Å². The molecule has 0 N–H and O–H groups in total. The van der Waals surface area contributed by atoms with Crippen LogP contribution in [-0.2, 0) is 23.8 Å². The van der Waals surface area contributed by atoms with E-state index in [9.17, 15) is 9.59 Å². The third-order valence-electron chi connectivity index (χ3n) is 3.15. The topological polar surface area (TPSA) is 159 Å². The van der Waals surface area contributed by atoms with E-state index in [2.05, 4.69) is 20.1 Å². The molecular weight excluding hydrogens is 332 g/mol. The standard InChI is InChI=1S/C11H15ClN6O5/c1-5(19)22-10-8(16-18-14)3-7(15-17-13)9(21-4-12)11(10)23-6(2)20/h7-11H,3-4H2,1-2H3/t7-,8+,9+,10-,11-/m1/s1. The number of esters is 2. The first-order chi connectivity index (χ1) is 10.9. The summed E-state index contributed by atoms with van der Waals surface area (Å²) in [6.07, 6.45) is -3.10. The number of ether oxygens (including phenoxy) is 3. The van der Waals surface area contributed by atoms with Gasteiger partial charge in [0, 0.05) is 23.7 Å². The minimum absolute atomic E-state index is 0.0470. The number of alkyl halides is 1. The molecule has 0 aliphatic heterocycles. The first-order valence-corrected chi connectivity index (χ1v) is 7.08. The number of halogens is 1. The van der Waals surface area contributed by atoms with E-state index in [1.807, 2.05) is 0 Å². The summed E-state index contributed by atoms with van der Waals surface area (Å²) in [4.78, 5) is 28.1. The third kappa shape index (κ3) is 5.19. The van der Waals surface area contributed by atoms with Crippen LogP contribution in [-0.4, -0.2) is 48.4 Å². The highest BCUT2D eigenvalue weighted by Gasteiger charge is 2.49. The van der Waals surface area contributed by atoms with Crippen molar-refractivity contribution in [1.29, 1.82) is 0 Å². The normalized spacial score (nSPS) is 29.6. The lowest BCUT2D eigenvalue weighted by molar-refractivity contribution is -0.188. The van der Waals surface area contributed by atoms with Crippen LogP contribution in [0.1, 0.15) is 20.3 Å². The van der Waals surface area contributed by atoms with Crippen molar-refractivity contribution in [1.82, 2.24) is 0 Å². The van der Waals surface area contributed by atoms with E-state index in [1.165, 1.54) is 0 Å². The van der Waals surface area contributed by atoms with Gasteiger partial charge in [-0.15, -0.1) is 0 Å². The van der Waals surface area contributed by atoms with Gasteiger partial charge in [0.2, 0.25) is 0 Å². The molecule has 0 aromatic carbocycles. The summed E-state index contributed by atoms with van der Waals surface area (Å²) >= 11 is 5.57. The number of azide groups is 2. The van der Waals surface area contributed by atoms with Crippen molar-refractivity contribution in [2.24, 2.45) is 10.2 Å². The van der Waals surface area contributed by atoms with E-state index in [1.54, 1.807) is 0 Å². The van der Waals surface area contributed by atoms with Gasteiger partial charge in [0.1, 0.15) is 18.3 Å². The van der Waals surface area contributed by atoms with Crippen molar-refractivity contribution in [3.8, 4) is 0 Å². The SMILES string of the molecule is CC(=O)O[C@@H]1[C@@H](OCCl)[C@H](N=[N+]=[N-])C[C@H](N=[N+]=[N-])[C@H]1OC(C)=O. The summed E-state index contributed by atoms with van der Waals surface area (Å²) in [7, 11) is 0. The molecule has 0 bridgehead atoms. The number of hydrogen-bond donors (Lipinski definition) is 0. The number of carbonyl (C=O) groups is 2. The Bertz CT molecular complexity index is 547. The second-order valence-electron chi connectivity index (χ2n) is 4.67. The predicted molar refractivity (Wildman–Crippen MR) is 77.2 cm³/mol. The fourth-order valence-corrected chi connectivity index (χ4v) is 2.59. The van der Waals surface area contributed by atoms with Crippen LogP contribution in [0.2, 0.25) is 0 Å². The molecule has 1 rings (SSSR count). The summed E-state index contributed by atoms with van der Waals surface area (Å²) in [6, 6.07) is -1.97. The smallest absolute Gasteiger partial charge is 0.303 e. The number of nitrogens with zero attached hydrogens (tertiary/aromatic N) is 6. The maximum atomic E-state index is 11.4. The van der Waals surface area contributed by atoms with E-state index >= 15 is 0 Å². The molecule has 1 fully saturated rings. The van der Waals surface area contributed by atoms with Crippen LogP contribution in [0.5, 0.6) is 0 Å². The Hall–Kier alpha value is -2.19. The molecule has 23 heavy (non-hydrogen) atoms. The monoisotopic (exact) mass is 346 g/mol. The van der Waals surface area contributed by atoms with Crippen LogP contribution in [0.4, 0.5) is 0 Å². The zero-order valence-electron chi connectivity index (χ0n) is 12.4. The van der Waals surface area contributed by atoms with Crippen LogP contribution < -0.4 is 0 Å². The van der Waals surface area contributed by atoms with Gasteiger partial charge in [-0.3, -0.25) is 9.59 Å². The van der Waals surface area contributed by atoms with Crippen molar-refractivity contribution < 1.29 is 23.8 Å². The second-order valence-corrected chi connectivity index (χ2v) is 4.89. The highest BCUT2D eigenvalue weighted by Crippen LogP contribution is 2.32. The minimum atomic E-state index is -1.13. The quantitative estimate of drug-likeness (QED) is 0.236. The highest BCUT2D eigenvalue weighted by atomic mass is 35.5. The molecule has 0 unspecified atom stereocenters. The van der Waals surface area contributed by atoms with Gasteiger partial charge in [-0.05, 0) is 17.5 Å². The molecule has 0 heterocycles. The Morgan fingerprint density at radius 2 is 1.52 bits per heavy atom. The molecule has 0 saturated heterocycles. The fourth-order valence-electron chi connectivity index (χ4n) is 2.44. The van der Waals surface area contributed by atoms with Crippen LogP contribution in [0.3, 0.4) is 0 Å². The average Bonchev–Trinajstić information content (AvgIpc) is 2.46. The Morgan fingerprint density at radius 1 is 1.04 bits per heavy atom. The molecule has 0 aromatic heterocycles. The number of hydrogen-bond acceptors (Lipinski definition) is 7. The van der Waals surface area contributed by atoms with Crippen LogP contribution in [0.15, 0.2) is 10.2 Å². The van der Waals surface area contributed by atoms with Crippen molar-refractivity contribution >= 4 is 23.5 Å². The van der Waals surface area contributed by atoms with Gasteiger partial charge in [0.05, 0.1) is 12.1 Å². The summed E-state index contributed by atoms with van der Waals surface area (Å²) < 4.78 is 15.6. The van der Waals surface area contributed by atoms with Crippen molar-refractivity contribution in [2.45, 2.75) is 50.7 Å². The largest absolute Gasteiger partial charge is 0.458 e. The number of carbonyl (C=O) groups excluding carboxylic acids is 2. The second kappa shape index (κ2) is 9.06. The van der Waals surface area contributed by atoms with Crippen LogP contribution >= 0.6 is 11.6 Å². The Labute approximate surface area is 136 Å². The third-order valence-corrected chi connectivity index (χ3v) is 3.27. The molecule has 0 amide bonds. The van der Waals surface area contributed by atoms with Gasteiger partial charge in [-0.25, -0.2) is 0 Å². The summed E-state index contributed by atoms with van der Waals surface area (Å²) in [5, 5.41) is 7.11. The molecule has 1 saturated carbocycles. The van der Waals surface area contributed by atoms with Crippen molar-refractivity contribution in [3.63, 3.8) is 0 Å². The first-order valence-electron chi connectivity index (χ1n) is 6.55. The summed E-state index contributed by atoms with van der Waals surface area (Å²) in [5.41, 5.74) is 17.4.